The van der Waals surface area contributed by atoms with E-state index < -0.39 is 89.6 Å². The molecule has 0 aromatic rings. The molecule has 15 N–H and O–H groups in total. The van der Waals surface area contributed by atoms with Gasteiger partial charge in [0.25, 0.3) is 0 Å². The average Bonchev–Trinajstić information content (AvgIpc) is 3.06. The fourth-order valence-corrected chi connectivity index (χ4v) is 4.69. The third-order valence-corrected chi connectivity index (χ3v) is 7.84. The highest BCUT2D eigenvalue weighted by atomic mass is 16.2. The summed E-state index contributed by atoms with van der Waals surface area (Å²) in [6.45, 7) is 8.01. The fourth-order valence-electron chi connectivity index (χ4n) is 4.69. The Hall–Kier alpha value is -4.36. The second-order valence-electron chi connectivity index (χ2n) is 12.6. The third kappa shape index (κ3) is 19.6. The highest BCUT2D eigenvalue weighted by molar-refractivity contribution is 5.97. The summed E-state index contributed by atoms with van der Waals surface area (Å²) in [5.41, 5.74) is 22.0. The van der Waals surface area contributed by atoms with E-state index in [0.29, 0.717) is 58.2 Å². The minimum absolute atomic E-state index is 0.176. The topological polar surface area (TPSA) is 325 Å². The molecule has 0 saturated carbocycles. The maximum absolute atomic E-state index is 13.4. The van der Waals surface area contributed by atoms with E-state index >= 15 is 0 Å². The number of primary amides is 1. The molecule has 0 radical (unpaired) electrons. The highest BCUT2D eigenvalue weighted by Gasteiger charge is 2.31. The van der Waals surface area contributed by atoms with Crippen LogP contribution in [0.15, 0.2) is 0 Å². The number of carbonyl (C=O) groups excluding carboxylic acids is 8. The van der Waals surface area contributed by atoms with Crippen molar-refractivity contribution in [3.8, 4) is 0 Å². The molecule has 0 unspecified atom stereocenters. The summed E-state index contributed by atoms with van der Waals surface area (Å²) in [5.74, 6) is -5.12. The Balaban J connectivity index is 5.64. The Kier molecular flexibility index (Phi) is 23.4. The van der Waals surface area contributed by atoms with Crippen LogP contribution in [0.25, 0.3) is 0 Å². The molecule has 0 aliphatic heterocycles. The van der Waals surface area contributed by atoms with Crippen LogP contribution in [0.3, 0.4) is 0 Å². The minimum atomic E-state index is -1.15. The number of amides is 8. The SMILES string of the molecule is CC(=O)N[C@@H](C)C(=O)N[C@@H](CCCCN)C(=O)N[C@@H](CCCCN)C(=O)N[C@@H](C)C(=O)N[C@@H](C)C(=O)N[C@@H](CCCCN)C(=O)N[C@@H](C)C(N)=O. The van der Waals surface area contributed by atoms with Crippen LogP contribution in [0.2, 0.25) is 0 Å². The lowest BCUT2D eigenvalue weighted by Gasteiger charge is -2.26. The van der Waals surface area contributed by atoms with Gasteiger partial charge in [-0.05, 0) is 105 Å². The number of nitrogens with one attached hydrogen (secondary N) is 7. The number of hydrogen-bond acceptors (Lipinski definition) is 11. The van der Waals surface area contributed by atoms with E-state index in [1.807, 2.05) is 0 Å². The Morgan fingerprint density at radius 1 is 0.412 bits per heavy atom. The van der Waals surface area contributed by atoms with Crippen molar-refractivity contribution < 1.29 is 38.4 Å². The molecule has 51 heavy (non-hydrogen) atoms. The zero-order chi connectivity index (χ0) is 39.1. The lowest BCUT2D eigenvalue weighted by molar-refractivity contribution is -0.135. The van der Waals surface area contributed by atoms with E-state index in [1.54, 1.807) is 0 Å². The summed E-state index contributed by atoms with van der Waals surface area (Å²) in [4.78, 5) is 101. The van der Waals surface area contributed by atoms with Gasteiger partial charge in [-0.15, -0.1) is 0 Å². The Bertz CT molecular complexity index is 1170. The lowest BCUT2D eigenvalue weighted by atomic mass is 10.0. The smallest absolute Gasteiger partial charge is 0.243 e. The molecule has 0 saturated heterocycles. The maximum atomic E-state index is 13.4. The van der Waals surface area contributed by atoms with E-state index in [0.717, 1.165) is 0 Å². The van der Waals surface area contributed by atoms with E-state index in [1.165, 1.54) is 34.6 Å². The van der Waals surface area contributed by atoms with Crippen LogP contribution in [-0.2, 0) is 38.4 Å². The van der Waals surface area contributed by atoms with Gasteiger partial charge in [0.15, 0.2) is 0 Å². The van der Waals surface area contributed by atoms with Gasteiger partial charge in [0.05, 0.1) is 0 Å². The number of carbonyl (C=O) groups is 8. The lowest BCUT2D eigenvalue weighted by Crippen LogP contribution is -2.59. The largest absolute Gasteiger partial charge is 0.368 e. The molecule has 0 heterocycles. The van der Waals surface area contributed by atoms with Crippen molar-refractivity contribution in [1.29, 1.82) is 0 Å². The van der Waals surface area contributed by atoms with Crippen LogP contribution < -0.4 is 60.2 Å². The van der Waals surface area contributed by atoms with Crippen molar-refractivity contribution in [2.75, 3.05) is 19.6 Å². The van der Waals surface area contributed by atoms with Crippen molar-refractivity contribution >= 4 is 47.3 Å². The first kappa shape index (κ1) is 46.6. The Morgan fingerprint density at radius 3 is 1.02 bits per heavy atom. The quantitative estimate of drug-likeness (QED) is 0.0386. The zero-order valence-corrected chi connectivity index (χ0v) is 30.6. The van der Waals surface area contributed by atoms with Crippen molar-refractivity contribution in [3.63, 3.8) is 0 Å². The van der Waals surface area contributed by atoms with Gasteiger partial charge in [0.1, 0.15) is 42.3 Å². The molecule has 0 rings (SSSR count). The molecule has 7 atom stereocenters. The fraction of sp³-hybridized carbons (Fsp3) is 0.750. The molecule has 0 spiro atoms. The molecule has 0 bridgehead atoms. The molecule has 0 fully saturated rings. The highest BCUT2D eigenvalue weighted by Crippen LogP contribution is 2.07. The molecular weight excluding hydrogens is 666 g/mol. The molecule has 0 aliphatic rings. The van der Waals surface area contributed by atoms with Crippen LogP contribution >= 0.6 is 0 Å². The van der Waals surface area contributed by atoms with Crippen molar-refractivity contribution in [2.24, 2.45) is 22.9 Å². The summed E-state index contributed by atoms with van der Waals surface area (Å²) < 4.78 is 0. The van der Waals surface area contributed by atoms with Gasteiger partial charge in [-0.2, -0.15) is 0 Å². The standard InChI is InChI=1S/C32H61N11O8/c1-18(26(36)45)38-30(49)23(12-6-9-15-33)41-29(48)21(4)39-27(46)20(3)40-31(50)24(13-7-10-16-34)43-32(51)25(14-8-11-17-35)42-28(47)19(2)37-22(5)44/h18-21,23-25H,6-17,33-35H2,1-5H3,(H2,36,45)(H,37,44)(H,38,49)(H,39,46)(H,40,50)(H,41,48)(H,42,47)(H,43,51)/t18-,19-,20-,21-,23-,24-,25-/m0/s1. The zero-order valence-electron chi connectivity index (χ0n) is 30.6. The van der Waals surface area contributed by atoms with Crippen molar-refractivity contribution in [2.45, 2.75) is 135 Å². The normalized spacial score (nSPS) is 15.0. The van der Waals surface area contributed by atoms with Crippen LogP contribution in [0.1, 0.15) is 92.4 Å². The summed E-state index contributed by atoms with van der Waals surface area (Å²) in [5, 5.41) is 17.8. The van der Waals surface area contributed by atoms with Crippen molar-refractivity contribution in [1.82, 2.24) is 37.2 Å². The molecule has 19 nitrogen and oxygen atoms in total. The van der Waals surface area contributed by atoms with E-state index in [-0.39, 0.29) is 19.3 Å². The summed E-state index contributed by atoms with van der Waals surface area (Å²) >= 11 is 0. The molecule has 0 aromatic heterocycles. The number of nitrogens with two attached hydrogens (primary N) is 4. The first-order chi connectivity index (χ1) is 24.0. The number of hydrogen-bond donors (Lipinski definition) is 11. The molecule has 0 aliphatic carbocycles. The van der Waals surface area contributed by atoms with Gasteiger partial charge in [-0.25, -0.2) is 0 Å². The van der Waals surface area contributed by atoms with Crippen LogP contribution in [0.4, 0.5) is 0 Å². The third-order valence-electron chi connectivity index (χ3n) is 7.84. The predicted molar refractivity (Wildman–Crippen MR) is 190 cm³/mol. The Labute approximate surface area is 300 Å². The minimum Gasteiger partial charge on any atom is -0.368 e. The van der Waals surface area contributed by atoms with Crippen LogP contribution in [0, 0.1) is 0 Å². The number of unbranched alkanes of at least 4 members (excludes halogenated alkanes) is 3. The molecular formula is C32H61N11O8. The number of rotatable bonds is 26. The van der Waals surface area contributed by atoms with Gasteiger partial charge < -0.3 is 60.2 Å². The first-order valence-electron chi connectivity index (χ1n) is 17.5. The van der Waals surface area contributed by atoms with Crippen LogP contribution in [0.5, 0.6) is 0 Å². The van der Waals surface area contributed by atoms with E-state index in [4.69, 9.17) is 22.9 Å². The van der Waals surface area contributed by atoms with Gasteiger partial charge in [-0.3, -0.25) is 38.4 Å². The summed E-state index contributed by atoms with van der Waals surface area (Å²) in [6, 6.07) is -7.34. The average molecular weight is 728 g/mol. The molecule has 0 aromatic carbocycles. The van der Waals surface area contributed by atoms with Crippen LogP contribution in [-0.4, -0.2) is 109 Å². The summed E-state index contributed by atoms with van der Waals surface area (Å²) in [7, 11) is 0. The second kappa shape index (κ2) is 25.6. The monoisotopic (exact) mass is 727 g/mol. The van der Waals surface area contributed by atoms with Gasteiger partial charge in [0.2, 0.25) is 47.3 Å². The predicted octanol–water partition coefficient (Wildman–Crippen LogP) is -3.65. The molecule has 8 amide bonds. The maximum Gasteiger partial charge on any atom is 0.243 e. The van der Waals surface area contributed by atoms with E-state index in [2.05, 4.69) is 37.2 Å². The molecule has 19 heteroatoms. The molecule has 292 valence electrons. The van der Waals surface area contributed by atoms with Gasteiger partial charge in [-0.1, -0.05) is 0 Å². The first-order valence-corrected chi connectivity index (χ1v) is 17.5. The van der Waals surface area contributed by atoms with E-state index in [9.17, 15) is 38.4 Å². The van der Waals surface area contributed by atoms with Gasteiger partial charge in [0, 0.05) is 6.92 Å². The summed E-state index contributed by atoms with van der Waals surface area (Å²) in [6.07, 6.45) is 3.81. The van der Waals surface area contributed by atoms with Gasteiger partial charge >= 0.3 is 0 Å². The Morgan fingerprint density at radius 2 is 0.686 bits per heavy atom. The van der Waals surface area contributed by atoms with Crippen molar-refractivity contribution in [3.05, 3.63) is 0 Å². The second-order valence-corrected chi connectivity index (χ2v) is 12.6.